The second kappa shape index (κ2) is 10.8. The van der Waals surface area contributed by atoms with Gasteiger partial charge in [0, 0.05) is 30.6 Å². The lowest BCUT2D eigenvalue weighted by Gasteiger charge is -2.15. The third-order valence-electron chi connectivity index (χ3n) is 8.06. The summed E-state index contributed by atoms with van der Waals surface area (Å²) in [4.78, 5) is 5.20. The number of hydrogen-bond donors (Lipinski definition) is 0. The molecule has 4 heteroatoms. The van der Waals surface area contributed by atoms with Crippen molar-refractivity contribution in [2.24, 2.45) is 0 Å². The van der Waals surface area contributed by atoms with Crippen molar-refractivity contribution in [3.05, 3.63) is 119 Å². The minimum atomic E-state index is 0.874. The molecule has 0 aliphatic heterocycles. The van der Waals surface area contributed by atoms with Crippen molar-refractivity contribution in [1.82, 2.24) is 0 Å². The number of hydrogen-bond acceptors (Lipinski definition) is 4. The molecule has 2 nitrogen and oxygen atoms in total. The summed E-state index contributed by atoms with van der Waals surface area (Å²) < 4.78 is 10.8. The Bertz CT molecular complexity index is 1860. The maximum Gasteiger partial charge on any atom is 0.118 e. The molecular weight excluding hydrogens is 553 g/mol. The van der Waals surface area contributed by atoms with Gasteiger partial charge in [-0.25, -0.2) is 0 Å². The van der Waals surface area contributed by atoms with Crippen LogP contribution in [0.15, 0.2) is 109 Å². The molecule has 0 spiro atoms. The summed E-state index contributed by atoms with van der Waals surface area (Å²) in [5.74, 6) is 1.75. The summed E-state index contributed by atoms with van der Waals surface area (Å²) in [5, 5.41) is 5.13. The lowest BCUT2D eigenvalue weighted by molar-refractivity contribution is 0.415. The highest BCUT2D eigenvalue weighted by molar-refractivity contribution is 7.16. The first-order valence-electron chi connectivity index (χ1n) is 14.0. The van der Waals surface area contributed by atoms with Crippen LogP contribution in [-0.4, -0.2) is 14.2 Å². The number of aryl methyl sites for hydroxylation is 2. The Labute approximate surface area is 254 Å². The number of rotatable bonds is 6. The van der Waals surface area contributed by atoms with Gasteiger partial charge in [-0.05, 0) is 94.0 Å². The van der Waals surface area contributed by atoms with E-state index in [9.17, 15) is 0 Å². The third kappa shape index (κ3) is 4.48. The predicted octanol–water partition coefficient (Wildman–Crippen LogP) is 11.4. The van der Waals surface area contributed by atoms with Gasteiger partial charge in [-0.15, -0.1) is 22.7 Å². The van der Waals surface area contributed by atoms with Gasteiger partial charge in [-0.3, -0.25) is 0 Å². The van der Waals surface area contributed by atoms with Crippen LogP contribution in [0.3, 0.4) is 0 Å². The van der Waals surface area contributed by atoms with E-state index in [1.54, 1.807) is 14.2 Å². The molecule has 5 aromatic carbocycles. The van der Waals surface area contributed by atoms with E-state index in [2.05, 4.69) is 98.8 Å². The third-order valence-corrected chi connectivity index (χ3v) is 10.2. The van der Waals surface area contributed by atoms with E-state index < -0.39 is 0 Å². The van der Waals surface area contributed by atoms with Gasteiger partial charge in [0.25, 0.3) is 0 Å². The van der Waals surface area contributed by atoms with Gasteiger partial charge in [0.1, 0.15) is 11.5 Å². The van der Waals surface area contributed by atoms with Gasteiger partial charge >= 0.3 is 0 Å². The fourth-order valence-electron chi connectivity index (χ4n) is 5.98. The van der Waals surface area contributed by atoms with E-state index in [-0.39, 0.29) is 0 Å². The van der Waals surface area contributed by atoms with Gasteiger partial charge < -0.3 is 9.47 Å². The Morgan fingerprint density at radius 3 is 1.10 bits per heavy atom. The maximum absolute atomic E-state index is 5.40. The minimum Gasteiger partial charge on any atom is -0.497 e. The SMILES string of the molecule is COc1ccc(-c2cc(-c3c4ccccc4c(-c4cc(-c5ccc(OC)cc5)c(C)s4)c4ccccc34)sc2C)cc1. The molecule has 0 saturated carbocycles. The standard InChI is InChI=1S/C38H30O2S2/c1-23-33(25-13-17-27(39-3)18-14-25)21-35(41-23)37-29-9-5-7-11-31(29)38(32-12-8-6-10-30(32)37)36-22-34(24(2)42-36)26-15-19-28(40-4)20-16-26/h5-22H,1-4H3. The van der Waals surface area contributed by atoms with Crippen LogP contribution in [0.1, 0.15) is 9.75 Å². The molecule has 2 aromatic heterocycles. The van der Waals surface area contributed by atoms with Crippen molar-refractivity contribution in [2.75, 3.05) is 14.2 Å². The number of methoxy groups -OCH3 is 2. The predicted molar refractivity (Wildman–Crippen MR) is 182 cm³/mol. The van der Waals surface area contributed by atoms with Crippen molar-refractivity contribution in [2.45, 2.75) is 13.8 Å². The molecule has 206 valence electrons. The minimum absolute atomic E-state index is 0.874. The van der Waals surface area contributed by atoms with Crippen LogP contribution < -0.4 is 9.47 Å². The second-order valence-corrected chi connectivity index (χ2v) is 13.0. The quantitative estimate of drug-likeness (QED) is 0.182. The summed E-state index contributed by atoms with van der Waals surface area (Å²) >= 11 is 3.74. The molecule has 0 atom stereocenters. The molecule has 0 radical (unpaired) electrons. The van der Waals surface area contributed by atoms with Crippen LogP contribution in [0.5, 0.6) is 11.5 Å². The largest absolute Gasteiger partial charge is 0.497 e. The first-order valence-corrected chi connectivity index (χ1v) is 15.6. The Morgan fingerprint density at radius 2 is 0.786 bits per heavy atom. The molecule has 2 heterocycles. The Hall–Kier alpha value is -4.38. The summed E-state index contributed by atoms with van der Waals surface area (Å²) in [7, 11) is 3.42. The van der Waals surface area contributed by atoms with Crippen LogP contribution in [0.2, 0.25) is 0 Å². The Kier molecular flexibility index (Phi) is 6.81. The lowest BCUT2D eigenvalue weighted by atomic mass is 9.89. The zero-order valence-corrected chi connectivity index (χ0v) is 25.7. The monoisotopic (exact) mass is 582 g/mol. The van der Waals surface area contributed by atoms with Crippen molar-refractivity contribution < 1.29 is 9.47 Å². The highest BCUT2D eigenvalue weighted by atomic mass is 32.1. The van der Waals surface area contributed by atoms with Crippen molar-refractivity contribution in [3.8, 4) is 54.6 Å². The van der Waals surface area contributed by atoms with Crippen molar-refractivity contribution in [3.63, 3.8) is 0 Å². The number of ether oxygens (including phenoxy) is 2. The van der Waals surface area contributed by atoms with Gasteiger partial charge in [-0.1, -0.05) is 72.8 Å². The number of fused-ring (bicyclic) bond motifs is 2. The van der Waals surface area contributed by atoms with Gasteiger partial charge in [0.05, 0.1) is 14.2 Å². The maximum atomic E-state index is 5.40. The zero-order valence-electron chi connectivity index (χ0n) is 24.0. The lowest BCUT2D eigenvalue weighted by Crippen LogP contribution is -1.88. The molecule has 0 saturated heterocycles. The summed E-state index contributed by atoms with van der Waals surface area (Å²) in [6, 6.07) is 39.3. The molecule has 0 unspecified atom stereocenters. The molecule has 7 rings (SSSR count). The fourth-order valence-corrected chi connectivity index (χ4v) is 8.21. The van der Waals surface area contributed by atoms with E-state index in [1.165, 1.54) is 74.4 Å². The van der Waals surface area contributed by atoms with Crippen LogP contribution >= 0.6 is 22.7 Å². The molecule has 42 heavy (non-hydrogen) atoms. The molecule has 0 aliphatic rings. The van der Waals surface area contributed by atoms with Crippen LogP contribution in [0.25, 0.3) is 64.7 Å². The average Bonchev–Trinajstić information content (AvgIpc) is 3.61. The highest BCUT2D eigenvalue weighted by Crippen LogP contribution is 2.49. The van der Waals surface area contributed by atoms with E-state index in [0.29, 0.717) is 0 Å². The highest BCUT2D eigenvalue weighted by Gasteiger charge is 2.21. The van der Waals surface area contributed by atoms with Crippen LogP contribution in [-0.2, 0) is 0 Å². The number of benzene rings is 5. The van der Waals surface area contributed by atoms with Crippen molar-refractivity contribution in [1.29, 1.82) is 0 Å². The molecule has 0 aliphatic carbocycles. The first kappa shape index (κ1) is 26.5. The summed E-state index contributed by atoms with van der Waals surface area (Å²) in [6.07, 6.45) is 0. The molecule has 0 amide bonds. The van der Waals surface area contributed by atoms with E-state index >= 15 is 0 Å². The molecule has 0 fully saturated rings. The van der Waals surface area contributed by atoms with Crippen LogP contribution in [0.4, 0.5) is 0 Å². The van der Waals surface area contributed by atoms with Gasteiger partial charge in [-0.2, -0.15) is 0 Å². The zero-order chi connectivity index (χ0) is 28.8. The van der Waals surface area contributed by atoms with Crippen LogP contribution in [0, 0.1) is 13.8 Å². The van der Waals surface area contributed by atoms with E-state index in [1.807, 2.05) is 46.9 Å². The molecule has 7 aromatic rings. The van der Waals surface area contributed by atoms with Crippen molar-refractivity contribution >= 4 is 44.2 Å². The van der Waals surface area contributed by atoms with Gasteiger partial charge in [0.15, 0.2) is 0 Å². The average molecular weight is 583 g/mol. The summed E-state index contributed by atoms with van der Waals surface area (Å²) in [6.45, 7) is 4.45. The first-order chi connectivity index (χ1) is 20.6. The van der Waals surface area contributed by atoms with E-state index in [0.717, 1.165) is 11.5 Å². The molecule has 0 bridgehead atoms. The van der Waals surface area contributed by atoms with E-state index in [4.69, 9.17) is 9.47 Å². The number of thiophene rings is 2. The Morgan fingerprint density at radius 1 is 0.452 bits per heavy atom. The topological polar surface area (TPSA) is 18.5 Å². The fraction of sp³-hybridized carbons (Fsp3) is 0.105. The van der Waals surface area contributed by atoms with Gasteiger partial charge in [0.2, 0.25) is 0 Å². The molecule has 0 N–H and O–H groups in total. The normalized spacial score (nSPS) is 11.3. The smallest absolute Gasteiger partial charge is 0.118 e. The second-order valence-electron chi connectivity index (χ2n) is 10.5. The summed E-state index contributed by atoms with van der Waals surface area (Å²) in [5.41, 5.74) is 7.58. The Balaban J connectivity index is 1.44. The molecular formula is C38H30O2S2.